The largest absolute Gasteiger partial charge is 0.416 e. The van der Waals surface area contributed by atoms with Gasteiger partial charge in [0.1, 0.15) is 0 Å². The van der Waals surface area contributed by atoms with Gasteiger partial charge < -0.3 is 15.4 Å². The van der Waals surface area contributed by atoms with Crippen molar-refractivity contribution in [3.8, 4) is 0 Å². The van der Waals surface area contributed by atoms with Crippen LogP contribution in [0.2, 0.25) is 0 Å². The molecule has 2 saturated heterocycles. The number of alkyl halides is 3. The van der Waals surface area contributed by atoms with Crippen LogP contribution in [0.5, 0.6) is 0 Å². The number of ether oxygens (including phenoxy) is 1. The monoisotopic (exact) mass is 502 g/mol. The number of rotatable bonds is 7. The van der Waals surface area contributed by atoms with Gasteiger partial charge in [0.2, 0.25) is 11.8 Å². The molecule has 3 unspecified atom stereocenters. The molecule has 0 aromatic carbocycles. The van der Waals surface area contributed by atoms with E-state index in [1.165, 1.54) is 0 Å². The molecule has 1 aliphatic carbocycles. The summed E-state index contributed by atoms with van der Waals surface area (Å²) in [4.78, 5) is 25.5. The van der Waals surface area contributed by atoms with Gasteiger partial charge in [0.25, 0.3) is 0 Å². The molecule has 2 bridgehead atoms. The Morgan fingerprint density at radius 3 is 2.44 bits per heavy atom. The van der Waals surface area contributed by atoms with Crippen LogP contribution in [-0.2, 0) is 14.3 Å². The molecule has 2 heterocycles. The second-order valence-corrected chi connectivity index (χ2v) is 9.54. The average Bonchev–Trinajstić information content (AvgIpc) is 3.42. The Bertz CT molecular complexity index is 864. The third-order valence-corrected chi connectivity index (χ3v) is 6.05. The first-order chi connectivity index (χ1) is 15.9. The highest BCUT2D eigenvalue weighted by molar-refractivity contribution is 6.29. The van der Waals surface area contributed by atoms with Crippen molar-refractivity contribution in [2.24, 2.45) is 11.8 Å². The standard InChI is InChI=1S/C20H24ClF3N2O3.C5H10/c1-9(2)25-19(28)16-14-4-5-15(29-14)17(16)26-18(27)13-8-12(20(22,23)24)7-11(13)6-10(3)21;1-3-5-4-2/h7-9,11,14-17H,3-6H2,1-2H3,(H,25,28)(H,26,27);3,5H,4H2,1-2H3/b;5-3-/t11?,14-,15+,16?,17?;/m1./s1. The van der Waals surface area contributed by atoms with Crippen molar-refractivity contribution in [3.63, 3.8) is 0 Å². The fraction of sp³-hybridized carbons (Fsp3) is 0.600. The summed E-state index contributed by atoms with van der Waals surface area (Å²) in [7, 11) is 0. The Labute approximate surface area is 204 Å². The van der Waals surface area contributed by atoms with Crippen LogP contribution < -0.4 is 10.6 Å². The van der Waals surface area contributed by atoms with Crippen LogP contribution >= 0.6 is 11.6 Å². The predicted molar refractivity (Wildman–Crippen MR) is 127 cm³/mol. The van der Waals surface area contributed by atoms with Gasteiger partial charge in [-0.25, -0.2) is 0 Å². The lowest BCUT2D eigenvalue weighted by Crippen LogP contribution is -2.53. The molecule has 5 atom stereocenters. The SMILES string of the molecule is C/C=C\CC.C=C(Cl)CC1C=C(C(F)(F)F)C=C1C(=O)NC1C(C(=O)NC(C)C)[C@H]2CC[C@@H]1O2. The third-order valence-electron chi connectivity index (χ3n) is 5.90. The first-order valence-electron chi connectivity index (χ1n) is 11.6. The molecule has 0 aromatic heterocycles. The number of hydrogen-bond acceptors (Lipinski definition) is 3. The zero-order valence-electron chi connectivity index (χ0n) is 20.0. The van der Waals surface area contributed by atoms with Crippen LogP contribution in [0.15, 0.2) is 47.1 Å². The molecule has 5 nitrogen and oxygen atoms in total. The van der Waals surface area contributed by atoms with Gasteiger partial charge in [0.15, 0.2) is 0 Å². The zero-order chi connectivity index (χ0) is 25.6. The summed E-state index contributed by atoms with van der Waals surface area (Å²) in [6.07, 6.45) is 3.40. The molecule has 3 aliphatic rings. The molecule has 0 saturated carbocycles. The molecule has 9 heteroatoms. The van der Waals surface area contributed by atoms with Crippen LogP contribution in [0, 0.1) is 11.8 Å². The summed E-state index contributed by atoms with van der Waals surface area (Å²) in [5.74, 6) is -2.26. The van der Waals surface area contributed by atoms with Crippen molar-refractivity contribution in [2.75, 3.05) is 0 Å². The van der Waals surface area contributed by atoms with E-state index in [1.54, 1.807) is 0 Å². The Kier molecular flexibility index (Phi) is 10.0. The fourth-order valence-electron chi connectivity index (χ4n) is 4.49. The molecular weight excluding hydrogens is 469 g/mol. The van der Waals surface area contributed by atoms with E-state index in [9.17, 15) is 22.8 Å². The molecular formula is C25H34ClF3N2O3. The Balaban J connectivity index is 0.000000739. The van der Waals surface area contributed by atoms with Gasteiger partial charge in [-0.1, -0.05) is 43.3 Å². The number of carbonyl (C=O) groups excluding carboxylic acids is 2. The van der Waals surface area contributed by atoms with Crippen LogP contribution in [0.3, 0.4) is 0 Å². The molecule has 2 fully saturated rings. The number of halogens is 4. The highest BCUT2D eigenvalue weighted by Gasteiger charge is 2.53. The summed E-state index contributed by atoms with van der Waals surface area (Å²) in [6.45, 7) is 11.3. The van der Waals surface area contributed by atoms with E-state index in [4.69, 9.17) is 16.3 Å². The van der Waals surface area contributed by atoms with Gasteiger partial charge in [-0.2, -0.15) is 13.2 Å². The Morgan fingerprint density at radius 2 is 1.94 bits per heavy atom. The highest BCUT2D eigenvalue weighted by atomic mass is 35.5. The average molecular weight is 503 g/mol. The summed E-state index contributed by atoms with van der Waals surface area (Å²) in [5, 5.41) is 5.75. The molecule has 0 aromatic rings. The minimum atomic E-state index is -4.57. The highest BCUT2D eigenvalue weighted by Crippen LogP contribution is 2.41. The van der Waals surface area contributed by atoms with Crippen LogP contribution in [0.4, 0.5) is 13.2 Å². The van der Waals surface area contributed by atoms with Gasteiger partial charge in [-0.15, -0.1) is 0 Å². The smallest absolute Gasteiger partial charge is 0.372 e. The summed E-state index contributed by atoms with van der Waals surface area (Å²) >= 11 is 5.79. The van der Waals surface area contributed by atoms with E-state index in [-0.39, 0.29) is 41.2 Å². The normalized spacial score (nSPS) is 27.9. The lowest BCUT2D eigenvalue weighted by Gasteiger charge is -2.29. The lowest BCUT2D eigenvalue weighted by atomic mass is 9.83. The van der Waals surface area contributed by atoms with Gasteiger partial charge in [-0.3, -0.25) is 9.59 Å². The van der Waals surface area contributed by atoms with E-state index < -0.39 is 35.5 Å². The fourth-order valence-corrected chi connectivity index (χ4v) is 4.66. The maximum absolute atomic E-state index is 13.2. The van der Waals surface area contributed by atoms with E-state index in [1.807, 2.05) is 20.8 Å². The number of carbonyl (C=O) groups is 2. The molecule has 2 aliphatic heterocycles. The topological polar surface area (TPSA) is 67.4 Å². The number of amides is 2. The summed E-state index contributed by atoms with van der Waals surface area (Å²) in [6, 6.07) is -0.663. The molecule has 0 spiro atoms. The first kappa shape index (κ1) is 28.2. The van der Waals surface area contributed by atoms with Crippen molar-refractivity contribution in [1.82, 2.24) is 10.6 Å². The molecule has 190 valence electrons. The quantitative estimate of drug-likeness (QED) is 0.462. The minimum Gasteiger partial charge on any atom is -0.372 e. The maximum Gasteiger partial charge on any atom is 0.416 e. The van der Waals surface area contributed by atoms with Crippen LogP contribution in [0.1, 0.15) is 53.4 Å². The predicted octanol–water partition coefficient (Wildman–Crippen LogP) is 5.33. The number of allylic oxidation sites excluding steroid dienone is 6. The third kappa shape index (κ3) is 7.22. The van der Waals surface area contributed by atoms with Gasteiger partial charge in [-0.05, 0) is 52.5 Å². The van der Waals surface area contributed by atoms with Gasteiger partial charge in [0, 0.05) is 22.6 Å². The lowest BCUT2D eigenvalue weighted by molar-refractivity contribution is -0.128. The van der Waals surface area contributed by atoms with E-state index in [0.29, 0.717) is 12.8 Å². The Hall–Kier alpha value is -2.06. The van der Waals surface area contributed by atoms with Crippen molar-refractivity contribution in [3.05, 3.63) is 47.1 Å². The maximum atomic E-state index is 13.2. The van der Waals surface area contributed by atoms with Gasteiger partial charge >= 0.3 is 6.18 Å². The van der Waals surface area contributed by atoms with Crippen molar-refractivity contribution in [2.45, 2.75) is 83.8 Å². The number of hydrogen-bond donors (Lipinski definition) is 2. The molecule has 2 amide bonds. The minimum absolute atomic E-state index is 0.0187. The molecule has 34 heavy (non-hydrogen) atoms. The van der Waals surface area contributed by atoms with Crippen molar-refractivity contribution >= 4 is 23.4 Å². The summed E-state index contributed by atoms with van der Waals surface area (Å²) < 4.78 is 45.3. The zero-order valence-corrected chi connectivity index (χ0v) is 20.8. The molecule has 3 rings (SSSR count). The van der Waals surface area contributed by atoms with E-state index in [0.717, 1.165) is 18.6 Å². The van der Waals surface area contributed by atoms with E-state index >= 15 is 0 Å². The molecule has 2 N–H and O–H groups in total. The van der Waals surface area contributed by atoms with Crippen LogP contribution in [-0.4, -0.2) is 42.3 Å². The molecule has 0 radical (unpaired) electrons. The van der Waals surface area contributed by atoms with Crippen LogP contribution in [0.25, 0.3) is 0 Å². The van der Waals surface area contributed by atoms with Gasteiger partial charge in [0.05, 0.1) is 29.7 Å². The number of fused-ring (bicyclic) bond motifs is 2. The summed E-state index contributed by atoms with van der Waals surface area (Å²) in [5.41, 5.74) is -0.922. The van der Waals surface area contributed by atoms with Crippen molar-refractivity contribution < 1.29 is 27.5 Å². The number of nitrogens with one attached hydrogen (secondary N) is 2. The first-order valence-corrected chi connectivity index (χ1v) is 12.0. The second-order valence-electron chi connectivity index (χ2n) is 9.00. The Morgan fingerprint density at radius 1 is 1.29 bits per heavy atom. The van der Waals surface area contributed by atoms with E-state index in [2.05, 4.69) is 36.3 Å². The van der Waals surface area contributed by atoms with Crippen molar-refractivity contribution in [1.29, 1.82) is 0 Å². The second kappa shape index (κ2) is 12.1.